The van der Waals surface area contributed by atoms with E-state index >= 15 is 0 Å². The summed E-state index contributed by atoms with van der Waals surface area (Å²) in [7, 11) is 1.59. The number of rotatable bonds is 9. The zero-order valence-corrected chi connectivity index (χ0v) is 16.7. The normalized spacial score (nSPS) is 10.8. The second kappa shape index (κ2) is 9.26. The van der Waals surface area contributed by atoms with E-state index in [-0.39, 0.29) is 12.5 Å². The van der Waals surface area contributed by atoms with Crippen LogP contribution in [0.4, 0.5) is 0 Å². The number of benzene rings is 2. The van der Waals surface area contributed by atoms with E-state index in [2.05, 4.69) is 23.8 Å². The Kier molecular flexibility index (Phi) is 6.53. The number of hydrogen-bond acceptors (Lipinski definition) is 4. The highest BCUT2D eigenvalue weighted by Crippen LogP contribution is 2.32. The van der Waals surface area contributed by atoms with Gasteiger partial charge >= 0.3 is 0 Å². The number of nitrogens with one attached hydrogen (secondary N) is 1. The molecule has 0 aliphatic carbocycles. The summed E-state index contributed by atoms with van der Waals surface area (Å²) in [6.45, 7) is 5.63. The number of imidazole rings is 1. The Balaban J connectivity index is 1.75. The number of hydrogen-bond donors (Lipinski definition) is 1. The second-order valence-electron chi connectivity index (χ2n) is 6.64. The molecule has 148 valence electrons. The van der Waals surface area contributed by atoms with E-state index in [1.54, 1.807) is 7.11 Å². The predicted octanol–water partition coefficient (Wildman–Crippen LogP) is 4.27. The first kappa shape index (κ1) is 19.7. The summed E-state index contributed by atoms with van der Waals surface area (Å²) in [6.07, 6.45) is 1.86. The van der Waals surface area contributed by atoms with E-state index in [0.29, 0.717) is 11.5 Å². The Morgan fingerprint density at radius 1 is 1.07 bits per heavy atom. The van der Waals surface area contributed by atoms with Crippen molar-refractivity contribution in [2.75, 3.05) is 26.8 Å². The highest BCUT2D eigenvalue weighted by molar-refractivity contribution is 5.80. The smallest absolute Gasteiger partial charge is 0.260 e. The monoisotopic (exact) mass is 381 g/mol. The molecular formula is C22H27N3O3. The zero-order chi connectivity index (χ0) is 19.9. The lowest BCUT2D eigenvalue weighted by Crippen LogP contribution is -2.36. The van der Waals surface area contributed by atoms with Gasteiger partial charge in [0.2, 0.25) is 0 Å². The van der Waals surface area contributed by atoms with Gasteiger partial charge in [-0.05, 0) is 43.2 Å². The lowest BCUT2D eigenvalue weighted by Gasteiger charge is -2.21. The Hall–Kier alpha value is -3.02. The first-order chi connectivity index (χ1) is 13.7. The molecule has 3 rings (SSSR count). The number of aromatic nitrogens is 2. The van der Waals surface area contributed by atoms with Crippen LogP contribution < -0.4 is 9.47 Å². The van der Waals surface area contributed by atoms with Crippen molar-refractivity contribution in [2.45, 2.75) is 26.7 Å². The minimum Gasteiger partial charge on any atom is -0.493 e. The average Bonchev–Trinajstić information content (AvgIpc) is 3.16. The topological polar surface area (TPSA) is 67.5 Å². The lowest BCUT2D eigenvalue weighted by atomic mass is 10.2. The third-order valence-electron chi connectivity index (χ3n) is 4.52. The van der Waals surface area contributed by atoms with Crippen LogP contribution in [0.2, 0.25) is 0 Å². The molecule has 28 heavy (non-hydrogen) atoms. The lowest BCUT2D eigenvalue weighted by molar-refractivity contribution is -0.133. The van der Waals surface area contributed by atoms with Gasteiger partial charge in [0, 0.05) is 18.7 Å². The number of nitrogens with zero attached hydrogens (tertiary/aromatic N) is 2. The van der Waals surface area contributed by atoms with Gasteiger partial charge in [-0.1, -0.05) is 26.0 Å². The fourth-order valence-electron chi connectivity index (χ4n) is 3.16. The van der Waals surface area contributed by atoms with Gasteiger partial charge in [0.05, 0.1) is 18.1 Å². The summed E-state index contributed by atoms with van der Waals surface area (Å²) in [5.41, 5.74) is 2.79. The number of aromatic amines is 1. The Labute approximate surface area is 165 Å². The van der Waals surface area contributed by atoms with Crippen LogP contribution in [-0.2, 0) is 4.79 Å². The second-order valence-corrected chi connectivity index (χ2v) is 6.64. The summed E-state index contributed by atoms with van der Waals surface area (Å²) >= 11 is 0. The Bertz CT molecular complexity index is 897. The summed E-state index contributed by atoms with van der Waals surface area (Å²) in [4.78, 5) is 22.2. The molecule has 0 spiro atoms. The Morgan fingerprint density at radius 3 is 2.50 bits per heavy atom. The number of methoxy groups -OCH3 is 1. The average molecular weight is 381 g/mol. The van der Waals surface area contributed by atoms with Crippen LogP contribution in [0.3, 0.4) is 0 Å². The molecule has 0 atom stereocenters. The van der Waals surface area contributed by atoms with Crippen molar-refractivity contribution in [1.29, 1.82) is 0 Å². The molecule has 1 N–H and O–H groups in total. The quantitative estimate of drug-likeness (QED) is 0.601. The summed E-state index contributed by atoms with van der Waals surface area (Å²) in [5, 5.41) is 0. The molecule has 6 heteroatoms. The molecule has 0 fully saturated rings. The molecule has 1 aromatic heterocycles. The molecule has 3 aromatic rings. The molecule has 1 heterocycles. The van der Waals surface area contributed by atoms with Crippen LogP contribution in [0.1, 0.15) is 26.7 Å². The van der Waals surface area contributed by atoms with Crippen molar-refractivity contribution >= 4 is 16.9 Å². The molecule has 0 saturated carbocycles. The molecule has 0 aliphatic rings. The van der Waals surface area contributed by atoms with E-state index in [1.807, 2.05) is 47.4 Å². The van der Waals surface area contributed by atoms with Gasteiger partial charge in [0.1, 0.15) is 5.82 Å². The van der Waals surface area contributed by atoms with Crippen LogP contribution in [-0.4, -0.2) is 47.6 Å². The van der Waals surface area contributed by atoms with Crippen molar-refractivity contribution in [2.24, 2.45) is 0 Å². The van der Waals surface area contributed by atoms with Crippen molar-refractivity contribution in [1.82, 2.24) is 14.9 Å². The first-order valence-corrected chi connectivity index (χ1v) is 9.70. The van der Waals surface area contributed by atoms with Gasteiger partial charge < -0.3 is 19.4 Å². The first-order valence-electron chi connectivity index (χ1n) is 9.70. The molecule has 1 amide bonds. The van der Waals surface area contributed by atoms with Crippen molar-refractivity contribution < 1.29 is 14.3 Å². The highest BCUT2D eigenvalue weighted by Gasteiger charge is 2.15. The van der Waals surface area contributed by atoms with E-state index in [0.717, 1.165) is 48.4 Å². The van der Waals surface area contributed by atoms with Crippen LogP contribution in [0, 0.1) is 0 Å². The number of H-pyrrole nitrogens is 1. The van der Waals surface area contributed by atoms with E-state index in [4.69, 9.17) is 9.47 Å². The summed E-state index contributed by atoms with van der Waals surface area (Å²) in [5.74, 6) is 1.87. The van der Waals surface area contributed by atoms with Crippen LogP contribution in [0.15, 0.2) is 42.5 Å². The third-order valence-corrected chi connectivity index (χ3v) is 4.52. The number of ether oxygens (including phenoxy) is 2. The Morgan fingerprint density at radius 2 is 1.82 bits per heavy atom. The number of fused-ring (bicyclic) bond motifs is 1. The fraction of sp³-hybridized carbons (Fsp3) is 0.364. The number of carbonyl (C=O) groups is 1. The number of amides is 1. The van der Waals surface area contributed by atoms with Gasteiger partial charge in [0.15, 0.2) is 18.1 Å². The number of para-hydroxylation sites is 2. The SMILES string of the molecule is CCCN(CCC)C(=O)COc1ccc(-c2nc3ccccc3[nH]2)cc1OC. The van der Waals surface area contributed by atoms with Gasteiger partial charge in [-0.3, -0.25) is 4.79 Å². The van der Waals surface area contributed by atoms with E-state index in [1.165, 1.54) is 0 Å². The standard InChI is InChI=1S/C22H27N3O3/c1-4-12-25(13-5-2)21(26)15-28-19-11-10-16(14-20(19)27-3)22-23-17-8-6-7-9-18(17)24-22/h6-11,14H,4-5,12-13,15H2,1-3H3,(H,23,24). The fourth-order valence-corrected chi connectivity index (χ4v) is 3.16. The van der Waals surface area contributed by atoms with Crippen molar-refractivity contribution in [3.63, 3.8) is 0 Å². The zero-order valence-electron chi connectivity index (χ0n) is 16.7. The van der Waals surface area contributed by atoms with Crippen LogP contribution >= 0.6 is 0 Å². The molecule has 0 radical (unpaired) electrons. The molecule has 0 bridgehead atoms. The maximum absolute atomic E-state index is 12.4. The maximum atomic E-state index is 12.4. The molecule has 0 aliphatic heterocycles. The van der Waals surface area contributed by atoms with Gasteiger partial charge in [-0.2, -0.15) is 0 Å². The largest absolute Gasteiger partial charge is 0.493 e. The molecule has 0 unspecified atom stereocenters. The van der Waals surface area contributed by atoms with Gasteiger partial charge in [-0.15, -0.1) is 0 Å². The molecular weight excluding hydrogens is 354 g/mol. The summed E-state index contributed by atoms with van der Waals surface area (Å²) < 4.78 is 11.2. The molecule has 6 nitrogen and oxygen atoms in total. The van der Waals surface area contributed by atoms with Crippen molar-refractivity contribution in [3.8, 4) is 22.9 Å². The summed E-state index contributed by atoms with van der Waals surface area (Å²) in [6, 6.07) is 13.5. The minimum absolute atomic E-state index is 0.000342. The number of carbonyl (C=O) groups excluding carboxylic acids is 1. The minimum atomic E-state index is -0.00730. The van der Waals surface area contributed by atoms with E-state index in [9.17, 15) is 4.79 Å². The van der Waals surface area contributed by atoms with Crippen LogP contribution in [0.25, 0.3) is 22.4 Å². The molecule has 2 aromatic carbocycles. The van der Waals surface area contributed by atoms with Crippen LogP contribution in [0.5, 0.6) is 11.5 Å². The van der Waals surface area contributed by atoms with Gasteiger partial charge in [0.25, 0.3) is 5.91 Å². The van der Waals surface area contributed by atoms with Crippen molar-refractivity contribution in [3.05, 3.63) is 42.5 Å². The molecule has 0 saturated heterocycles. The van der Waals surface area contributed by atoms with E-state index < -0.39 is 0 Å². The van der Waals surface area contributed by atoms with Gasteiger partial charge in [-0.25, -0.2) is 4.98 Å². The maximum Gasteiger partial charge on any atom is 0.260 e. The highest BCUT2D eigenvalue weighted by atomic mass is 16.5. The predicted molar refractivity (Wildman–Crippen MR) is 111 cm³/mol. The third kappa shape index (κ3) is 4.44.